The van der Waals surface area contributed by atoms with E-state index in [-0.39, 0.29) is 17.0 Å². The number of ether oxygens (including phenoxy) is 1. The molecule has 0 aliphatic carbocycles. The topological polar surface area (TPSA) is 69.0 Å². The van der Waals surface area contributed by atoms with Crippen molar-refractivity contribution in [2.45, 2.75) is 12.4 Å². The smallest absolute Gasteiger partial charge is 0.435 e. The molecular weight excluding hydrogens is 406 g/mol. The number of methoxy groups -OCH3 is 1. The average Bonchev–Trinajstić information content (AvgIpc) is 2.64. The maximum Gasteiger partial charge on any atom is 0.435 e. The van der Waals surface area contributed by atoms with Gasteiger partial charge in [-0.3, -0.25) is 4.57 Å². The van der Waals surface area contributed by atoms with Gasteiger partial charge >= 0.3 is 18.0 Å². The molecule has 3 aromatic rings. The molecule has 0 unspecified atom stereocenters. The Balaban J connectivity index is 2.56. The van der Waals surface area contributed by atoms with Gasteiger partial charge in [0.2, 0.25) is 0 Å². The van der Waals surface area contributed by atoms with Gasteiger partial charge < -0.3 is 10.1 Å². The van der Waals surface area contributed by atoms with E-state index >= 15 is 0 Å². The molecular formula is C17H12F6N4O2. The number of nitrogens with zero attached hydrogens (tertiary/aromatic N) is 3. The highest BCUT2D eigenvalue weighted by Gasteiger charge is 2.37. The molecule has 0 saturated carbocycles. The predicted octanol–water partition coefficient (Wildman–Crippen LogP) is 3.87. The van der Waals surface area contributed by atoms with Gasteiger partial charge in [0.25, 0.3) is 0 Å². The largest absolute Gasteiger partial charge is 0.496 e. The van der Waals surface area contributed by atoms with Crippen molar-refractivity contribution in [3.05, 3.63) is 52.2 Å². The average molecular weight is 418 g/mol. The molecule has 0 amide bonds. The van der Waals surface area contributed by atoms with Crippen LogP contribution in [-0.4, -0.2) is 28.7 Å². The number of anilines is 1. The fraction of sp³-hybridized carbons (Fsp3) is 0.235. The van der Waals surface area contributed by atoms with Crippen LogP contribution in [0.3, 0.4) is 0 Å². The van der Waals surface area contributed by atoms with Crippen molar-refractivity contribution in [1.82, 2.24) is 14.5 Å². The van der Waals surface area contributed by atoms with E-state index in [9.17, 15) is 31.1 Å². The van der Waals surface area contributed by atoms with Gasteiger partial charge in [-0.1, -0.05) is 0 Å². The normalized spacial score (nSPS) is 12.3. The Kier molecular flexibility index (Phi) is 4.89. The van der Waals surface area contributed by atoms with Crippen LogP contribution in [0.15, 0.2) is 35.3 Å². The Bertz CT molecular complexity index is 1140. The number of alkyl halides is 6. The number of pyridine rings is 1. The summed E-state index contributed by atoms with van der Waals surface area (Å²) in [5, 5.41) is 2.45. The molecule has 0 aliphatic heterocycles. The number of fused-ring (bicyclic) bond motifs is 1. The van der Waals surface area contributed by atoms with Gasteiger partial charge in [-0.2, -0.15) is 31.3 Å². The molecule has 2 heterocycles. The summed E-state index contributed by atoms with van der Waals surface area (Å²) in [4.78, 5) is 19.5. The Morgan fingerprint density at radius 1 is 1.10 bits per heavy atom. The van der Waals surface area contributed by atoms with Gasteiger partial charge in [0.15, 0.2) is 5.69 Å². The molecule has 0 saturated heterocycles. The quantitative estimate of drug-likeness (QED) is 0.654. The van der Waals surface area contributed by atoms with Gasteiger partial charge in [0.1, 0.15) is 11.6 Å². The van der Waals surface area contributed by atoms with E-state index in [2.05, 4.69) is 15.3 Å². The van der Waals surface area contributed by atoms with E-state index in [4.69, 9.17) is 4.74 Å². The second-order valence-corrected chi connectivity index (χ2v) is 5.77. The number of halogens is 6. The van der Waals surface area contributed by atoms with Crippen molar-refractivity contribution in [3.8, 4) is 11.4 Å². The van der Waals surface area contributed by atoms with Crippen molar-refractivity contribution in [2.75, 3.05) is 19.5 Å². The van der Waals surface area contributed by atoms with Gasteiger partial charge in [-0.25, -0.2) is 9.78 Å². The summed E-state index contributed by atoms with van der Waals surface area (Å²) in [5.41, 5.74) is -5.10. The first-order valence-electron chi connectivity index (χ1n) is 7.91. The highest BCUT2D eigenvalue weighted by Crippen LogP contribution is 2.39. The van der Waals surface area contributed by atoms with Gasteiger partial charge in [0, 0.05) is 13.2 Å². The Morgan fingerprint density at radius 3 is 2.34 bits per heavy atom. The molecule has 12 heteroatoms. The molecule has 3 rings (SSSR count). The van der Waals surface area contributed by atoms with Crippen LogP contribution in [0, 0.1) is 0 Å². The number of nitrogens with one attached hydrogen (secondary N) is 1. The van der Waals surface area contributed by atoms with Crippen LogP contribution in [0.2, 0.25) is 0 Å². The van der Waals surface area contributed by atoms with Crippen molar-refractivity contribution < 1.29 is 31.1 Å². The lowest BCUT2D eigenvalue weighted by molar-refractivity contribution is -0.141. The minimum Gasteiger partial charge on any atom is -0.496 e. The second kappa shape index (κ2) is 6.94. The van der Waals surface area contributed by atoms with E-state index in [1.54, 1.807) is 0 Å². The predicted molar refractivity (Wildman–Crippen MR) is 91.2 cm³/mol. The van der Waals surface area contributed by atoms with E-state index < -0.39 is 40.5 Å². The highest BCUT2D eigenvalue weighted by atomic mass is 19.4. The Hall–Kier alpha value is -3.31. The number of rotatable bonds is 3. The summed E-state index contributed by atoms with van der Waals surface area (Å²) >= 11 is 0. The third-order valence-electron chi connectivity index (χ3n) is 4.04. The summed E-state index contributed by atoms with van der Waals surface area (Å²) in [7, 11) is 2.45. The first-order chi connectivity index (χ1) is 13.5. The number of hydrogen-bond donors (Lipinski definition) is 1. The lowest BCUT2D eigenvalue weighted by Crippen LogP contribution is -2.26. The van der Waals surface area contributed by atoms with E-state index in [0.29, 0.717) is 16.7 Å². The van der Waals surface area contributed by atoms with Gasteiger partial charge in [0.05, 0.1) is 29.3 Å². The summed E-state index contributed by atoms with van der Waals surface area (Å²) in [6, 6.07) is 3.28. The lowest BCUT2D eigenvalue weighted by Gasteiger charge is -2.19. The lowest BCUT2D eigenvalue weighted by atomic mass is 10.1. The molecule has 2 aromatic heterocycles. The zero-order valence-electron chi connectivity index (χ0n) is 14.8. The maximum atomic E-state index is 13.4. The minimum atomic E-state index is -4.96. The SMILES string of the molecule is CNc1nc(=O)n(-c2cccnc2C(F)(F)F)c2cc(C(F)(F)F)cc(OC)c12. The molecule has 0 spiro atoms. The van der Waals surface area contributed by atoms with Crippen molar-refractivity contribution >= 4 is 16.7 Å². The number of benzene rings is 1. The van der Waals surface area contributed by atoms with E-state index in [0.717, 1.165) is 25.4 Å². The van der Waals surface area contributed by atoms with Crippen LogP contribution in [0.4, 0.5) is 32.2 Å². The molecule has 1 aromatic carbocycles. The summed E-state index contributed by atoms with van der Waals surface area (Å²) in [6.45, 7) is 0. The fourth-order valence-electron chi connectivity index (χ4n) is 2.85. The third-order valence-corrected chi connectivity index (χ3v) is 4.04. The third kappa shape index (κ3) is 3.57. The first-order valence-corrected chi connectivity index (χ1v) is 7.91. The minimum absolute atomic E-state index is 0.0976. The molecule has 29 heavy (non-hydrogen) atoms. The number of hydrogen-bond acceptors (Lipinski definition) is 5. The van der Waals surface area contributed by atoms with Crippen molar-refractivity contribution in [2.24, 2.45) is 0 Å². The van der Waals surface area contributed by atoms with Crippen LogP contribution >= 0.6 is 0 Å². The summed E-state index contributed by atoms with van der Waals surface area (Å²) < 4.78 is 85.7. The highest BCUT2D eigenvalue weighted by molar-refractivity contribution is 5.96. The summed E-state index contributed by atoms with van der Waals surface area (Å²) in [6.07, 6.45) is -8.94. The van der Waals surface area contributed by atoms with Crippen molar-refractivity contribution in [3.63, 3.8) is 0 Å². The molecule has 0 atom stereocenters. The van der Waals surface area contributed by atoms with E-state index in [1.165, 1.54) is 7.05 Å². The molecule has 0 radical (unpaired) electrons. The van der Waals surface area contributed by atoms with Gasteiger partial charge in [-0.15, -0.1) is 0 Å². The molecule has 6 nitrogen and oxygen atoms in total. The van der Waals surface area contributed by atoms with Gasteiger partial charge in [-0.05, 0) is 24.3 Å². The number of aromatic nitrogens is 3. The Morgan fingerprint density at radius 2 is 1.79 bits per heavy atom. The second-order valence-electron chi connectivity index (χ2n) is 5.77. The van der Waals surface area contributed by atoms with Crippen LogP contribution in [0.5, 0.6) is 5.75 Å². The molecule has 154 valence electrons. The molecule has 0 bridgehead atoms. The van der Waals surface area contributed by atoms with Crippen LogP contribution in [-0.2, 0) is 12.4 Å². The van der Waals surface area contributed by atoms with Crippen LogP contribution in [0.25, 0.3) is 16.6 Å². The Labute approximate surface area is 158 Å². The van der Waals surface area contributed by atoms with Crippen LogP contribution < -0.4 is 15.7 Å². The van der Waals surface area contributed by atoms with Crippen LogP contribution in [0.1, 0.15) is 11.3 Å². The standard InChI is InChI=1S/C17H12F6N4O2/c1-24-14-12-10(6-8(16(18,19)20)7-11(12)29-2)27(15(28)26-14)9-4-3-5-25-13(9)17(21,22)23/h3-7H,1-2H3,(H,24,26,28). The van der Waals surface area contributed by atoms with Crippen molar-refractivity contribution in [1.29, 1.82) is 0 Å². The molecule has 0 aliphatic rings. The fourth-order valence-corrected chi connectivity index (χ4v) is 2.85. The zero-order chi connectivity index (χ0) is 21.6. The summed E-state index contributed by atoms with van der Waals surface area (Å²) in [5.74, 6) is -0.470. The molecule has 1 N–H and O–H groups in total. The maximum absolute atomic E-state index is 13.4. The zero-order valence-corrected chi connectivity index (χ0v) is 14.8. The molecule has 0 fully saturated rings. The van der Waals surface area contributed by atoms with E-state index in [1.807, 2.05) is 0 Å². The first kappa shape index (κ1) is 20.4. The monoisotopic (exact) mass is 418 g/mol.